The first kappa shape index (κ1) is 15.7. The first-order valence-electron chi connectivity index (χ1n) is 6.67. The Balaban J connectivity index is 2.80. The predicted molar refractivity (Wildman–Crippen MR) is 80.8 cm³/mol. The van der Waals surface area contributed by atoms with E-state index in [1.165, 1.54) is 10.0 Å². The van der Waals surface area contributed by atoms with Crippen LogP contribution in [0.3, 0.4) is 0 Å². The molecule has 0 heterocycles. The van der Waals surface area contributed by atoms with Crippen LogP contribution in [-0.2, 0) is 4.74 Å². The molecular formula is C15H24BrNO. The number of hydrogen-bond donors (Lipinski definition) is 1. The van der Waals surface area contributed by atoms with E-state index in [-0.39, 0.29) is 0 Å². The molecule has 0 aromatic heterocycles. The molecule has 0 fully saturated rings. The summed E-state index contributed by atoms with van der Waals surface area (Å²) in [6.07, 6.45) is 2.22. The normalized spacial score (nSPS) is 14.4. The molecule has 0 aliphatic heterocycles. The molecule has 2 unspecified atom stereocenters. The van der Waals surface area contributed by atoms with E-state index in [1.807, 2.05) is 0 Å². The number of hydrogen-bond acceptors (Lipinski definition) is 2. The molecule has 0 radical (unpaired) electrons. The Labute approximate surface area is 119 Å². The minimum Gasteiger partial charge on any atom is -0.385 e. The number of benzene rings is 1. The summed E-state index contributed by atoms with van der Waals surface area (Å²) in [5, 5.41) is 3.65. The fourth-order valence-electron chi connectivity index (χ4n) is 2.12. The van der Waals surface area contributed by atoms with E-state index in [0.717, 1.165) is 26.0 Å². The highest BCUT2D eigenvalue weighted by molar-refractivity contribution is 9.10. The molecule has 18 heavy (non-hydrogen) atoms. The molecule has 1 rings (SSSR count). The number of methoxy groups -OCH3 is 1. The van der Waals surface area contributed by atoms with Crippen molar-refractivity contribution >= 4 is 15.9 Å². The lowest BCUT2D eigenvalue weighted by Gasteiger charge is -2.26. The van der Waals surface area contributed by atoms with Gasteiger partial charge in [0.15, 0.2) is 0 Å². The Hall–Kier alpha value is -0.380. The van der Waals surface area contributed by atoms with Crippen LogP contribution in [0.25, 0.3) is 0 Å². The van der Waals surface area contributed by atoms with E-state index in [0.29, 0.717) is 12.0 Å². The van der Waals surface area contributed by atoms with Crippen LogP contribution in [0.1, 0.15) is 38.3 Å². The first-order chi connectivity index (χ1) is 8.70. The molecule has 0 saturated heterocycles. The molecule has 0 spiro atoms. The molecule has 1 N–H and O–H groups in total. The van der Waals surface area contributed by atoms with Crippen molar-refractivity contribution in [3.63, 3.8) is 0 Å². The Morgan fingerprint density at radius 2 is 2.06 bits per heavy atom. The SMILES string of the molecule is CCCNC(c1ccccc1Br)C(C)CCOC. The molecule has 1 aromatic rings. The second-order valence-electron chi connectivity index (χ2n) is 4.71. The Bertz CT molecular complexity index is 343. The van der Waals surface area contributed by atoms with E-state index < -0.39 is 0 Å². The lowest BCUT2D eigenvalue weighted by molar-refractivity contribution is 0.170. The average molecular weight is 314 g/mol. The fourth-order valence-corrected chi connectivity index (χ4v) is 2.65. The quantitative estimate of drug-likeness (QED) is 0.778. The largest absolute Gasteiger partial charge is 0.385 e. The van der Waals surface area contributed by atoms with Crippen LogP contribution in [0.4, 0.5) is 0 Å². The van der Waals surface area contributed by atoms with Crippen molar-refractivity contribution in [3.8, 4) is 0 Å². The van der Waals surface area contributed by atoms with E-state index in [9.17, 15) is 0 Å². The third-order valence-corrected chi connectivity index (χ3v) is 3.92. The summed E-state index contributed by atoms with van der Waals surface area (Å²) in [6, 6.07) is 8.85. The van der Waals surface area contributed by atoms with Crippen molar-refractivity contribution in [1.29, 1.82) is 0 Å². The van der Waals surface area contributed by atoms with Crippen molar-refractivity contribution in [3.05, 3.63) is 34.3 Å². The average Bonchev–Trinajstić information content (AvgIpc) is 2.38. The minimum atomic E-state index is 0.385. The maximum absolute atomic E-state index is 5.19. The molecule has 2 nitrogen and oxygen atoms in total. The van der Waals surface area contributed by atoms with Gasteiger partial charge >= 0.3 is 0 Å². The highest BCUT2D eigenvalue weighted by Crippen LogP contribution is 2.30. The van der Waals surface area contributed by atoms with Gasteiger partial charge in [-0.2, -0.15) is 0 Å². The molecule has 0 aliphatic carbocycles. The van der Waals surface area contributed by atoms with Gasteiger partial charge < -0.3 is 10.1 Å². The van der Waals surface area contributed by atoms with Gasteiger partial charge in [0, 0.05) is 24.2 Å². The van der Waals surface area contributed by atoms with Gasteiger partial charge in [-0.3, -0.25) is 0 Å². The van der Waals surface area contributed by atoms with Gasteiger partial charge in [-0.15, -0.1) is 0 Å². The summed E-state index contributed by atoms with van der Waals surface area (Å²) >= 11 is 3.65. The van der Waals surface area contributed by atoms with Crippen LogP contribution in [0.5, 0.6) is 0 Å². The van der Waals surface area contributed by atoms with Crippen LogP contribution in [-0.4, -0.2) is 20.3 Å². The van der Waals surface area contributed by atoms with Gasteiger partial charge in [-0.25, -0.2) is 0 Å². The van der Waals surface area contributed by atoms with Crippen LogP contribution in [0.2, 0.25) is 0 Å². The molecule has 0 bridgehead atoms. The zero-order valence-electron chi connectivity index (χ0n) is 11.6. The number of rotatable bonds is 8. The maximum Gasteiger partial charge on any atom is 0.0465 e. The first-order valence-corrected chi connectivity index (χ1v) is 7.46. The number of halogens is 1. The molecule has 102 valence electrons. The topological polar surface area (TPSA) is 21.3 Å². The van der Waals surface area contributed by atoms with E-state index >= 15 is 0 Å². The smallest absolute Gasteiger partial charge is 0.0465 e. The highest BCUT2D eigenvalue weighted by atomic mass is 79.9. The zero-order valence-corrected chi connectivity index (χ0v) is 13.2. The second-order valence-corrected chi connectivity index (χ2v) is 5.57. The lowest BCUT2D eigenvalue weighted by Crippen LogP contribution is -2.28. The highest BCUT2D eigenvalue weighted by Gasteiger charge is 2.20. The van der Waals surface area contributed by atoms with Crippen molar-refractivity contribution in [2.75, 3.05) is 20.3 Å². The summed E-state index contributed by atoms with van der Waals surface area (Å²) in [7, 11) is 1.76. The summed E-state index contributed by atoms with van der Waals surface area (Å²) < 4.78 is 6.38. The van der Waals surface area contributed by atoms with Crippen molar-refractivity contribution in [1.82, 2.24) is 5.32 Å². The van der Waals surface area contributed by atoms with Crippen molar-refractivity contribution in [2.24, 2.45) is 5.92 Å². The van der Waals surface area contributed by atoms with Gasteiger partial charge in [-0.05, 0) is 36.9 Å². The molecule has 3 heteroatoms. The summed E-state index contributed by atoms with van der Waals surface area (Å²) in [4.78, 5) is 0. The van der Waals surface area contributed by atoms with Crippen molar-refractivity contribution in [2.45, 2.75) is 32.7 Å². The van der Waals surface area contributed by atoms with Gasteiger partial charge in [0.2, 0.25) is 0 Å². The standard InChI is InChI=1S/C15H24BrNO/c1-4-10-17-15(12(2)9-11-18-3)13-7-5-6-8-14(13)16/h5-8,12,15,17H,4,9-11H2,1-3H3. The molecule has 1 aromatic carbocycles. The number of ether oxygens (including phenoxy) is 1. The third kappa shape index (κ3) is 4.71. The molecule has 2 atom stereocenters. The van der Waals surface area contributed by atoms with Crippen LogP contribution in [0, 0.1) is 5.92 Å². The van der Waals surface area contributed by atoms with Crippen molar-refractivity contribution < 1.29 is 4.74 Å². The monoisotopic (exact) mass is 313 g/mol. The predicted octanol–water partition coefficient (Wildman–Crippen LogP) is 4.16. The zero-order chi connectivity index (χ0) is 13.4. The Morgan fingerprint density at radius 1 is 1.33 bits per heavy atom. The third-order valence-electron chi connectivity index (χ3n) is 3.20. The second kappa shape index (κ2) is 8.68. The van der Waals surface area contributed by atoms with Gasteiger partial charge in [0.1, 0.15) is 0 Å². The van der Waals surface area contributed by atoms with Gasteiger partial charge in [0.25, 0.3) is 0 Å². The molecule has 0 saturated carbocycles. The molecule has 0 aliphatic rings. The van der Waals surface area contributed by atoms with E-state index in [4.69, 9.17) is 4.74 Å². The minimum absolute atomic E-state index is 0.385. The van der Waals surface area contributed by atoms with Crippen LogP contribution < -0.4 is 5.32 Å². The number of nitrogens with one attached hydrogen (secondary N) is 1. The lowest BCUT2D eigenvalue weighted by atomic mass is 9.92. The Morgan fingerprint density at radius 3 is 2.67 bits per heavy atom. The van der Waals surface area contributed by atoms with Crippen LogP contribution >= 0.6 is 15.9 Å². The summed E-state index contributed by atoms with van der Waals surface area (Å²) in [6.45, 7) is 6.34. The van der Waals surface area contributed by atoms with Gasteiger partial charge in [0.05, 0.1) is 0 Å². The summed E-state index contributed by atoms with van der Waals surface area (Å²) in [5.41, 5.74) is 1.34. The molecule has 0 amide bonds. The molecular weight excluding hydrogens is 290 g/mol. The maximum atomic E-state index is 5.19. The van der Waals surface area contributed by atoms with E-state index in [1.54, 1.807) is 7.11 Å². The van der Waals surface area contributed by atoms with Crippen LogP contribution in [0.15, 0.2) is 28.7 Å². The fraction of sp³-hybridized carbons (Fsp3) is 0.600. The van der Waals surface area contributed by atoms with E-state index in [2.05, 4.69) is 59.4 Å². The summed E-state index contributed by atoms with van der Waals surface area (Å²) in [5.74, 6) is 0.551. The van der Waals surface area contributed by atoms with Gasteiger partial charge in [-0.1, -0.05) is 48.0 Å². The Kier molecular flexibility index (Phi) is 7.56.